The number of hydrogen-bond donors (Lipinski definition) is 1. The largest absolute Gasteiger partial charge is 0.391 e. The first-order valence-electron chi connectivity index (χ1n) is 5.44. The minimum atomic E-state index is -0.127. The molecule has 1 aliphatic rings. The first-order valence-corrected chi connectivity index (χ1v) is 5.44. The lowest BCUT2D eigenvalue weighted by molar-refractivity contribution is -0.0257. The highest BCUT2D eigenvalue weighted by Gasteiger charge is 2.44. The van der Waals surface area contributed by atoms with Crippen LogP contribution in [-0.4, -0.2) is 35.7 Å². The van der Waals surface area contributed by atoms with Crippen molar-refractivity contribution in [1.29, 1.82) is 0 Å². The van der Waals surface area contributed by atoms with Gasteiger partial charge in [-0.15, -0.1) is 0 Å². The molecule has 1 N–H and O–H groups in total. The summed E-state index contributed by atoms with van der Waals surface area (Å²) in [5.41, 5.74) is 0.0150. The van der Waals surface area contributed by atoms with Crippen molar-refractivity contribution >= 4 is 0 Å². The van der Waals surface area contributed by atoms with E-state index in [1.165, 1.54) is 12.8 Å². The molecule has 1 saturated carbocycles. The first-order chi connectivity index (χ1) is 6.08. The predicted molar refractivity (Wildman–Crippen MR) is 55.7 cm³/mol. The molecule has 78 valence electrons. The fraction of sp³-hybridized carbons (Fsp3) is 1.00. The maximum Gasteiger partial charge on any atom is 0.0751 e. The van der Waals surface area contributed by atoms with Crippen LogP contribution in [0.3, 0.4) is 0 Å². The van der Waals surface area contributed by atoms with Gasteiger partial charge < -0.3 is 10.0 Å². The minimum absolute atomic E-state index is 0.0150. The van der Waals surface area contributed by atoms with Crippen LogP contribution in [0.25, 0.3) is 0 Å². The molecule has 1 rings (SSSR count). The zero-order valence-corrected chi connectivity index (χ0v) is 9.38. The number of aliphatic hydroxyl groups is 1. The average Bonchev–Trinajstić information content (AvgIpc) is 2.89. The van der Waals surface area contributed by atoms with Crippen molar-refractivity contribution < 1.29 is 5.11 Å². The third-order valence-electron chi connectivity index (χ3n) is 3.73. The average molecular weight is 185 g/mol. The Labute approximate surface area is 81.9 Å². The van der Waals surface area contributed by atoms with Gasteiger partial charge in [-0.05, 0) is 45.7 Å². The molecular formula is C11H23NO. The van der Waals surface area contributed by atoms with Gasteiger partial charge in [0.15, 0.2) is 0 Å². The summed E-state index contributed by atoms with van der Waals surface area (Å²) < 4.78 is 0. The number of hydrogen-bond acceptors (Lipinski definition) is 2. The van der Waals surface area contributed by atoms with Gasteiger partial charge in [-0.1, -0.05) is 13.8 Å². The van der Waals surface area contributed by atoms with Crippen LogP contribution < -0.4 is 0 Å². The molecule has 1 atom stereocenters. The second-order valence-electron chi connectivity index (χ2n) is 4.49. The summed E-state index contributed by atoms with van der Waals surface area (Å²) in [7, 11) is 4.16. The van der Waals surface area contributed by atoms with Gasteiger partial charge in [0.25, 0.3) is 0 Å². The van der Waals surface area contributed by atoms with Crippen molar-refractivity contribution in [2.45, 2.75) is 51.2 Å². The predicted octanol–water partition coefficient (Wildman–Crippen LogP) is 1.88. The molecule has 0 saturated heterocycles. The third-order valence-corrected chi connectivity index (χ3v) is 3.73. The first kappa shape index (κ1) is 11.0. The van der Waals surface area contributed by atoms with Gasteiger partial charge in [0.2, 0.25) is 0 Å². The fourth-order valence-corrected chi connectivity index (χ4v) is 2.42. The zero-order valence-electron chi connectivity index (χ0n) is 9.38. The van der Waals surface area contributed by atoms with E-state index in [0.29, 0.717) is 5.92 Å². The molecule has 13 heavy (non-hydrogen) atoms. The molecule has 0 aliphatic heterocycles. The molecule has 0 spiro atoms. The van der Waals surface area contributed by atoms with E-state index in [-0.39, 0.29) is 11.6 Å². The van der Waals surface area contributed by atoms with Crippen LogP contribution in [0.2, 0.25) is 0 Å². The van der Waals surface area contributed by atoms with Gasteiger partial charge in [0, 0.05) is 5.54 Å². The molecule has 0 bridgehead atoms. The van der Waals surface area contributed by atoms with Gasteiger partial charge in [-0.3, -0.25) is 0 Å². The van der Waals surface area contributed by atoms with Gasteiger partial charge in [-0.2, -0.15) is 0 Å². The molecule has 0 aromatic heterocycles. The lowest BCUT2D eigenvalue weighted by Crippen LogP contribution is -2.53. The fourth-order valence-electron chi connectivity index (χ4n) is 2.42. The smallest absolute Gasteiger partial charge is 0.0751 e. The second-order valence-corrected chi connectivity index (χ2v) is 4.49. The van der Waals surface area contributed by atoms with Gasteiger partial charge in [-0.25, -0.2) is 0 Å². The van der Waals surface area contributed by atoms with E-state index >= 15 is 0 Å². The summed E-state index contributed by atoms with van der Waals surface area (Å²) in [5, 5.41) is 10.2. The lowest BCUT2D eigenvalue weighted by atomic mass is 9.83. The molecule has 0 aromatic carbocycles. The van der Waals surface area contributed by atoms with Gasteiger partial charge >= 0.3 is 0 Å². The van der Waals surface area contributed by atoms with Crippen LogP contribution in [0.5, 0.6) is 0 Å². The Morgan fingerprint density at radius 3 is 2.00 bits per heavy atom. The van der Waals surface area contributed by atoms with Crippen molar-refractivity contribution in [3.63, 3.8) is 0 Å². The van der Waals surface area contributed by atoms with Crippen LogP contribution in [0.4, 0.5) is 0 Å². The standard InChI is InChI=1S/C11H23NO/c1-5-11(6-2,12(3)4)10(13)9-7-8-9/h9-10,13H,5-8H2,1-4H3. The summed E-state index contributed by atoms with van der Waals surface area (Å²) >= 11 is 0. The topological polar surface area (TPSA) is 23.5 Å². The van der Waals surface area contributed by atoms with Crippen LogP contribution in [0, 0.1) is 5.92 Å². The Balaban J connectivity index is 2.73. The van der Waals surface area contributed by atoms with E-state index in [9.17, 15) is 5.11 Å². The molecule has 1 aliphatic carbocycles. The number of nitrogens with zero attached hydrogens (tertiary/aromatic N) is 1. The van der Waals surface area contributed by atoms with E-state index in [1.807, 2.05) is 0 Å². The Bertz CT molecular complexity index is 159. The molecule has 2 heteroatoms. The Morgan fingerprint density at radius 2 is 1.77 bits per heavy atom. The van der Waals surface area contributed by atoms with Crippen molar-refractivity contribution in [1.82, 2.24) is 4.90 Å². The number of aliphatic hydroxyl groups excluding tert-OH is 1. The van der Waals surface area contributed by atoms with Crippen LogP contribution in [0.1, 0.15) is 39.5 Å². The highest BCUT2D eigenvalue weighted by atomic mass is 16.3. The van der Waals surface area contributed by atoms with Crippen LogP contribution >= 0.6 is 0 Å². The zero-order chi connectivity index (χ0) is 10.1. The van der Waals surface area contributed by atoms with E-state index in [0.717, 1.165) is 12.8 Å². The van der Waals surface area contributed by atoms with Crippen molar-refractivity contribution in [2.24, 2.45) is 5.92 Å². The van der Waals surface area contributed by atoms with E-state index < -0.39 is 0 Å². The molecule has 0 heterocycles. The normalized spacial score (nSPS) is 20.8. The van der Waals surface area contributed by atoms with Crippen molar-refractivity contribution in [2.75, 3.05) is 14.1 Å². The Kier molecular flexibility index (Phi) is 3.36. The van der Waals surface area contributed by atoms with Crippen LogP contribution in [0.15, 0.2) is 0 Å². The van der Waals surface area contributed by atoms with Crippen LogP contribution in [-0.2, 0) is 0 Å². The highest BCUT2D eigenvalue weighted by Crippen LogP contribution is 2.41. The SMILES string of the molecule is CCC(CC)(C(O)C1CC1)N(C)C. The molecule has 1 unspecified atom stereocenters. The minimum Gasteiger partial charge on any atom is -0.391 e. The van der Waals surface area contributed by atoms with Crippen molar-refractivity contribution in [3.8, 4) is 0 Å². The molecule has 1 fully saturated rings. The van der Waals surface area contributed by atoms with E-state index in [4.69, 9.17) is 0 Å². The summed E-state index contributed by atoms with van der Waals surface area (Å²) in [4.78, 5) is 2.20. The molecule has 0 aromatic rings. The summed E-state index contributed by atoms with van der Waals surface area (Å²) in [6.45, 7) is 4.35. The summed E-state index contributed by atoms with van der Waals surface area (Å²) in [6, 6.07) is 0. The highest BCUT2D eigenvalue weighted by molar-refractivity contribution is 4.99. The monoisotopic (exact) mass is 185 g/mol. The molecule has 0 radical (unpaired) electrons. The molecule has 0 amide bonds. The summed E-state index contributed by atoms with van der Waals surface area (Å²) in [6.07, 6.45) is 4.38. The van der Waals surface area contributed by atoms with Gasteiger partial charge in [0.1, 0.15) is 0 Å². The summed E-state index contributed by atoms with van der Waals surface area (Å²) in [5.74, 6) is 0.572. The lowest BCUT2D eigenvalue weighted by Gasteiger charge is -2.42. The molecule has 2 nitrogen and oxygen atoms in total. The number of rotatable bonds is 5. The Hall–Kier alpha value is -0.0800. The third kappa shape index (κ3) is 1.89. The van der Waals surface area contributed by atoms with E-state index in [1.54, 1.807) is 0 Å². The molecular weight excluding hydrogens is 162 g/mol. The van der Waals surface area contributed by atoms with Gasteiger partial charge in [0.05, 0.1) is 6.10 Å². The van der Waals surface area contributed by atoms with Crippen molar-refractivity contribution in [3.05, 3.63) is 0 Å². The maximum absolute atomic E-state index is 10.2. The van der Waals surface area contributed by atoms with E-state index in [2.05, 4.69) is 32.8 Å². The quantitative estimate of drug-likeness (QED) is 0.707. The maximum atomic E-state index is 10.2. The Morgan fingerprint density at radius 1 is 1.31 bits per heavy atom. The number of likely N-dealkylation sites (N-methyl/N-ethyl adjacent to an activating group) is 1. The second kappa shape index (κ2) is 3.97.